The number of piperidine rings is 1. The average molecular weight is 583 g/mol. The van der Waals surface area contributed by atoms with Crippen molar-refractivity contribution >= 4 is 10.0 Å². The van der Waals surface area contributed by atoms with E-state index in [1.165, 1.54) is 12.8 Å². The Bertz CT molecular complexity index is 958. The molecule has 1 heterocycles. The van der Waals surface area contributed by atoms with Gasteiger partial charge in [-0.05, 0) is 132 Å². The highest BCUT2D eigenvalue weighted by Crippen LogP contribution is 2.61. The van der Waals surface area contributed by atoms with Gasteiger partial charge in [-0.15, -0.1) is 0 Å². The van der Waals surface area contributed by atoms with E-state index < -0.39 is 21.7 Å². The first kappa shape index (κ1) is 32.7. The summed E-state index contributed by atoms with van der Waals surface area (Å²) in [6.07, 6.45) is 11.5. The van der Waals surface area contributed by atoms with Gasteiger partial charge in [-0.1, -0.05) is 41.0 Å². The molecule has 1 unspecified atom stereocenters. The molecule has 4 rings (SSSR count). The lowest BCUT2D eigenvalue weighted by molar-refractivity contribution is -0.174. The van der Waals surface area contributed by atoms with Crippen LogP contribution in [0.4, 0.5) is 0 Å². The fourth-order valence-corrected chi connectivity index (χ4v) is 10.5. The van der Waals surface area contributed by atoms with E-state index in [1.54, 1.807) is 6.92 Å². The molecule has 1 aliphatic heterocycles. The number of hydrogen-bond acceptors (Lipinski definition) is 5. The summed E-state index contributed by atoms with van der Waals surface area (Å²) in [4.78, 5) is 0. The van der Waals surface area contributed by atoms with Gasteiger partial charge >= 0.3 is 0 Å². The molecule has 40 heavy (non-hydrogen) atoms. The summed E-state index contributed by atoms with van der Waals surface area (Å²) >= 11 is 0. The fraction of sp³-hybridized carbons (Fsp3) is 1.00. The number of nitrogens with one attached hydrogen (secondary N) is 2. The van der Waals surface area contributed by atoms with Gasteiger partial charge in [0.1, 0.15) is 0 Å². The summed E-state index contributed by atoms with van der Waals surface area (Å²) in [5.74, 6) is 3.22. The van der Waals surface area contributed by atoms with Gasteiger partial charge in [0.25, 0.3) is 0 Å². The second kappa shape index (κ2) is 12.4. The number of sulfonamides is 1. The molecule has 1 saturated heterocycles. The molecule has 7 heteroatoms. The van der Waals surface area contributed by atoms with Gasteiger partial charge in [0.05, 0.1) is 23.6 Å². The zero-order chi connectivity index (χ0) is 29.5. The molecule has 3 aliphatic carbocycles. The molecule has 234 valence electrons. The monoisotopic (exact) mass is 582 g/mol. The van der Waals surface area contributed by atoms with Crippen molar-refractivity contribution in [2.75, 3.05) is 12.3 Å². The van der Waals surface area contributed by atoms with Crippen molar-refractivity contribution < 1.29 is 18.3 Å². The third-order valence-corrected chi connectivity index (χ3v) is 14.6. The Labute approximate surface area is 246 Å². The van der Waals surface area contributed by atoms with Crippen LogP contribution in [0.2, 0.25) is 0 Å². The highest BCUT2D eigenvalue weighted by molar-refractivity contribution is 7.89. The Hall–Kier alpha value is -0.210. The molecule has 0 radical (unpaired) electrons. The Kier molecular flexibility index (Phi) is 10.2. The van der Waals surface area contributed by atoms with Crippen LogP contribution in [-0.2, 0) is 14.8 Å². The number of aliphatic hydroxyl groups excluding tert-OH is 1. The third-order valence-electron chi connectivity index (χ3n) is 13.1. The van der Waals surface area contributed by atoms with Gasteiger partial charge in [0.2, 0.25) is 10.0 Å². The SMILES string of the molecule is CCC1(C)CC[C@](O[C@@H]2C[C@H](C)CN[C@H]2C)([C@@H](C)O)CC[C@H]1[C@@H]1CC[C@@H]2C[C@H](NS(=O)(=O)CC)CC[C@]2(C)[C@H]1C. The minimum atomic E-state index is -3.16. The minimum Gasteiger partial charge on any atom is -0.390 e. The number of rotatable bonds is 8. The lowest BCUT2D eigenvalue weighted by Crippen LogP contribution is -2.54. The zero-order valence-electron chi connectivity index (χ0n) is 27.0. The van der Waals surface area contributed by atoms with Crippen molar-refractivity contribution in [2.24, 2.45) is 40.4 Å². The minimum absolute atomic E-state index is 0.0914. The third kappa shape index (κ3) is 6.49. The van der Waals surface area contributed by atoms with E-state index in [0.717, 1.165) is 64.3 Å². The van der Waals surface area contributed by atoms with Crippen molar-refractivity contribution in [3.63, 3.8) is 0 Å². The van der Waals surface area contributed by atoms with Crippen molar-refractivity contribution in [2.45, 2.75) is 156 Å². The van der Waals surface area contributed by atoms with Crippen LogP contribution in [0.25, 0.3) is 0 Å². The molecular formula is C33H62N2O4S. The molecule has 4 fully saturated rings. The second-order valence-electron chi connectivity index (χ2n) is 15.3. The van der Waals surface area contributed by atoms with Crippen LogP contribution >= 0.6 is 0 Å². The van der Waals surface area contributed by atoms with Crippen molar-refractivity contribution in [3.8, 4) is 0 Å². The maximum Gasteiger partial charge on any atom is 0.211 e. The smallest absolute Gasteiger partial charge is 0.211 e. The first-order valence-electron chi connectivity index (χ1n) is 16.8. The lowest BCUT2D eigenvalue weighted by atomic mass is 9.48. The summed E-state index contributed by atoms with van der Waals surface area (Å²) in [5.41, 5.74) is 0.0245. The van der Waals surface area contributed by atoms with Crippen LogP contribution in [-0.4, -0.2) is 55.7 Å². The number of ether oxygens (including phenoxy) is 1. The molecule has 0 aromatic carbocycles. The van der Waals surface area contributed by atoms with E-state index in [2.05, 4.69) is 51.6 Å². The van der Waals surface area contributed by atoms with Crippen LogP contribution < -0.4 is 10.0 Å². The second-order valence-corrected chi connectivity index (χ2v) is 17.4. The number of aliphatic hydroxyl groups is 1. The summed E-state index contributed by atoms with van der Waals surface area (Å²) in [6.45, 7) is 19.2. The zero-order valence-corrected chi connectivity index (χ0v) is 27.8. The molecule has 6 nitrogen and oxygen atoms in total. The number of hydrogen-bond donors (Lipinski definition) is 3. The van der Waals surface area contributed by atoms with Crippen LogP contribution in [0.3, 0.4) is 0 Å². The molecule has 3 N–H and O–H groups in total. The molecule has 0 aromatic heterocycles. The van der Waals surface area contributed by atoms with E-state index in [1.807, 2.05) is 6.92 Å². The lowest BCUT2D eigenvalue weighted by Gasteiger charge is -2.57. The Morgan fingerprint density at radius 1 is 1.00 bits per heavy atom. The van der Waals surface area contributed by atoms with Gasteiger partial charge in [0.15, 0.2) is 0 Å². The van der Waals surface area contributed by atoms with E-state index in [4.69, 9.17) is 4.74 Å². The predicted octanol–water partition coefficient (Wildman–Crippen LogP) is 6.28. The van der Waals surface area contributed by atoms with Gasteiger partial charge in [-0.3, -0.25) is 0 Å². The molecular weight excluding hydrogens is 520 g/mol. The first-order chi connectivity index (χ1) is 18.7. The van der Waals surface area contributed by atoms with Crippen LogP contribution in [0, 0.1) is 40.4 Å². The summed E-state index contributed by atoms with van der Waals surface area (Å²) in [5, 5.41) is 14.9. The maximum atomic E-state index is 12.3. The Morgan fingerprint density at radius 3 is 2.38 bits per heavy atom. The number of fused-ring (bicyclic) bond motifs is 1. The van der Waals surface area contributed by atoms with Gasteiger partial charge in [-0.25, -0.2) is 13.1 Å². The van der Waals surface area contributed by atoms with E-state index in [0.29, 0.717) is 35.6 Å². The average Bonchev–Trinajstić information content (AvgIpc) is 3.05. The van der Waals surface area contributed by atoms with E-state index in [9.17, 15) is 13.5 Å². The predicted molar refractivity (Wildman–Crippen MR) is 165 cm³/mol. The molecule has 0 bridgehead atoms. The first-order valence-corrected chi connectivity index (χ1v) is 18.4. The van der Waals surface area contributed by atoms with Crippen LogP contribution in [0.5, 0.6) is 0 Å². The van der Waals surface area contributed by atoms with Gasteiger partial charge < -0.3 is 15.2 Å². The highest BCUT2D eigenvalue weighted by Gasteiger charge is 2.55. The van der Waals surface area contributed by atoms with Crippen molar-refractivity contribution in [1.29, 1.82) is 0 Å². The normalized spacial score (nSPS) is 47.7. The Morgan fingerprint density at radius 2 is 1.73 bits per heavy atom. The Balaban J connectivity index is 1.52. The maximum absolute atomic E-state index is 12.3. The molecule has 12 atom stereocenters. The van der Waals surface area contributed by atoms with Gasteiger partial charge in [0, 0.05) is 12.1 Å². The topological polar surface area (TPSA) is 87.7 Å². The van der Waals surface area contributed by atoms with Crippen molar-refractivity contribution in [1.82, 2.24) is 10.0 Å². The molecule has 0 spiro atoms. The summed E-state index contributed by atoms with van der Waals surface area (Å²) in [7, 11) is -3.16. The van der Waals surface area contributed by atoms with Crippen molar-refractivity contribution in [3.05, 3.63) is 0 Å². The standard InChI is InChI=1S/C33H62N2O4S/c1-9-31(7)17-18-33(25(6)36,39-30-19-22(3)21-34-24(30)5)16-14-29(31)28-12-11-26-20-27(35-40(37,38)10-2)13-15-32(26,8)23(28)4/h22-30,34-36H,9-21H2,1-8H3/t22-,23-,24-,25+,26+,27+,28+,29-,30+,31?,32+,33-/m0/s1. The van der Waals surface area contributed by atoms with E-state index >= 15 is 0 Å². The molecule has 3 saturated carbocycles. The summed E-state index contributed by atoms with van der Waals surface area (Å²) in [6, 6.07) is 0.407. The highest BCUT2D eigenvalue weighted by atomic mass is 32.2. The largest absolute Gasteiger partial charge is 0.390 e. The molecule has 0 amide bonds. The molecule has 4 aliphatic rings. The molecule has 0 aromatic rings. The fourth-order valence-electron chi connectivity index (χ4n) is 9.61. The quantitative estimate of drug-likeness (QED) is 0.293. The van der Waals surface area contributed by atoms with Gasteiger partial charge in [-0.2, -0.15) is 0 Å². The van der Waals surface area contributed by atoms with Crippen LogP contribution in [0.15, 0.2) is 0 Å². The van der Waals surface area contributed by atoms with E-state index in [-0.39, 0.29) is 28.7 Å². The van der Waals surface area contributed by atoms with Crippen LogP contribution in [0.1, 0.15) is 126 Å². The summed E-state index contributed by atoms with van der Waals surface area (Å²) < 4.78 is 34.6.